The lowest BCUT2D eigenvalue weighted by Crippen LogP contribution is -2.45. The van der Waals surface area contributed by atoms with Crippen LogP contribution in [0.25, 0.3) is 0 Å². The Balaban J connectivity index is 3.81. The van der Waals surface area contributed by atoms with E-state index in [1.54, 1.807) is 0 Å². The summed E-state index contributed by atoms with van der Waals surface area (Å²) in [5, 5.41) is 2.69. The van der Waals surface area contributed by atoms with Crippen molar-refractivity contribution >= 4 is 5.91 Å². The molecule has 0 heterocycles. The van der Waals surface area contributed by atoms with E-state index in [9.17, 15) is 18.0 Å². The summed E-state index contributed by atoms with van der Waals surface area (Å²) in [7, 11) is 0. The summed E-state index contributed by atoms with van der Waals surface area (Å²) in [6.07, 6.45) is -3.63. The third-order valence-corrected chi connectivity index (χ3v) is 1.53. The Bertz CT molecular complexity index is 197. The molecule has 0 bridgehead atoms. The van der Waals surface area contributed by atoms with E-state index < -0.39 is 24.7 Å². The molecule has 0 saturated carbocycles. The summed E-state index contributed by atoms with van der Waals surface area (Å²) in [4.78, 5) is 10.8. The summed E-state index contributed by atoms with van der Waals surface area (Å²) in [6.45, 7) is 0.629. The van der Waals surface area contributed by atoms with Gasteiger partial charge in [-0.25, -0.2) is 0 Å². The second kappa shape index (κ2) is 6.62. The van der Waals surface area contributed by atoms with Gasteiger partial charge in [0.2, 0.25) is 5.91 Å². The maximum Gasteiger partial charge on any atom is 0.411 e. The third kappa shape index (κ3) is 8.19. The maximum atomic E-state index is 11.7. The molecule has 0 fully saturated rings. The van der Waals surface area contributed by atoms with E-state index in [2.05, 4.69) is 10.1 Å². The van der Waals surface area contributed by atoms with Crippen LogP contribution in [0.5, 0.6) is 0 Å². The van der Waals surface area contributed by atoms with Gasteiger partial charge in [-0.3, -0.25) is 4.79 Å². The van der Waals surface area contributed by atoms with Gasteiger partial charge in [-0.1, -0.05) is 6.92 Å². The number of rotatable bonds is 7. The fraction of sp³-hybridized carbons (Fsp3) is 0.875. The molecule has 0 rings (SSSR count). The second-order valence-corrected chi connectivity index (χ2v) is 3.04. The number of nitrogens with one attached hydrogen (secondary N) is 1. The zero-order valence-electron chi connectivity index (χ0n) is 8.43. The average molecular weight is 228 g/mol. The Morgan fingerprint density at radius 1 is 1.53 bits per heavy atom. The van der Waals surface area contributed by atoms with Crippen LogP contribution in [0.1, 0.15) is 13.3 Å². The van der Waals surface area contributed by atoms with Crippen molar-refractivity contribution in [2.45, 2.75) is 25.6 Å². The van der Waals surface area contributed by atoms with Gasteiger partial charge in [0, 0.05) is 0 Å². The highest BCUT2D eigenvalue weighted by Crippen LogP contribution is 2.14. The van der Waals surface area contributed by atoms with E-state index >= 15 is 0 Å². The molecule has 0 aliphatic carbocycles. The molecule has 0 aromatic carbocycles. The Morgan fingerprint density at radius 3 is 2.53 bits per heavy atom. The van der Waals surface area contributed by atoms with Crippen LogP contribution in [-0.2, 0) is 9.53 Å². The first-order valence-electron chi connectivity index (χ1n) is 4.54. The molecule has 3 N–H and O–H groups in total. The van der Waals surface area contributed by atoms with Crippen LogP contribution >= 0.6 is 0 Å². The van der Waals surface area contributed by atoms with Gasteiger partial charge in [0.15, 0.2) is 0 Å². The lowest BCUT2D eigenvalue weighted by Gasteiger charge is -2.15. The Morgan fingerprint density at radius 2 is 2.13 bits per heavy atom. The van der Waals surface area contributed by atoms with E-state index in [0.29, 0.717) is 6.54 Å². The van der Waals surface area contributed by atoms with Gasteiger partial charge < -0.3 is 15.8 Å². The summed E-state index contributed by atoms with van der Waals surface area (Å²) < 4.78 is 39.4. The molecule has 0 aliphatic rings. The largest absolute Gasteiger partial charge is 0.411 e. The van der Waals surface area contributed by atoms with Crippen LogP contribution in [0, 0.1) is 0 Å². The lowest BCUT2D eigenvalue weighted by molar-refractivity contribution is -0.176. The highest BCUT2D eigenvalue weighted by atomic mass is 19.4. The first kappa shape index (κ1) is 14.2. The quantitative estimate of drug-likeness (QED) is 0.663. The zero-order chi connectivity index (χ0) is 11.9. The first-order chi connectivity index (χ1) is 6.87. The van der Waals surface area contributed by atoms with E-state index in [-0.39, 0.29) is 6.61 Å². The molecule has 1 unspecified atom stereocenters. The fourth-order valence-electron chi connectivity index (χ4n) is 0.853. The second-order valence-electron chi connectivity index (χ2n) is 3.04. The summed E-state index contributed by atoms with van der Waals surface area (Å²) in [6, 6.07) is -0.868. The van der Waals surface area contributed by atoms with Crippen molar-refractivity contribution < 1.29 is 22.7 Å². The molecule has 4 nitrogen and oxygen atoms in total. The summed E-state index contributed by atoms with van der Waals surface area (Å²) >= 11 is 0. The van der Waals surface area contributed by atoms with Crippen LogP contribution in [-0.4, -0.2) is 37.9 Å². The van der Waals surface area contributed by atoms with Gasteiger partial charge in [0.25, 0.3) is 0 Å². The number of amides is 1. The van der Waals surface area contributed by atoms with Crippen molar-refractivity contribution in [3.8, 4) is 0 Å². The highest BCUT2D eigenvalue weighted by Gasteiger charge is 2.28. The molecule has 0 radical (unpaired) electrons. The standard InChI is InChI=1S/C8H15F3N2O2/c1-2-3-13-6(7(12)14)4-15-5-8(9,10)11/h6,13H,2-5H2,1H3,(H2,12,14). The van der Waals surface area contributed by atoms with Crippen LogP contribution < -0.4 is 11.1 Å². The highest BCUT2D eigenvalue weighted by molar-refractivity contribution is 5.79. The molecule has 0 aliphatic heterocycles. The van der Waals surface area contributed by atoms with Gasteiger partial charge in [-0.2, -0.15) is 13.2 Å². The van der Waals surface area contributed by atoms with Crippen LogP contribution in [0.15, 0.2) is 0 Å². The topological polar surface area (TPSA) is 64.3 Å². The minimum atomic E-state index is -4.38. The van der Waals surface area contributed by atoms with Gasteiger partial charge in [-0.05, 0) is 13.0 Å². The number of carbonyl (C=O) groups excluding carboxylic acids is 1. The number of ether oxygens (including phenoxy) is 1. The Kier molecular flexibility index (Phi) is 6.26. The molecule has 0 aromatic heterocycles. The van der Waals surface area contributed by atoms with Crippen molar-refractivity contribution in [2.75, 3.05) is 19.8 Å². The minimum Gasteiger partial charge on any atom is -0.370 e. The molecular weight excluding hydrogens is 213 g/mol. The van der Waals surface area contributed by atoms with E-state index in [4.69, 9.17) is 5.73 Å². The fourth-order valence-corrected chi connectivity index (χ4v) is 0.853. The van der Waals surface area contributed by atoms with Gasteiger partial charge in [0.05, 0.1) is 6.61 Å². The van der Waals surface area contributed by atoms with Gasteiger partial charge in [-0.15, -0.1) is 0 Å². The van der Waals surface area contributed by atoms with Crippen LogP contribution in [0.4, 0.5) is 13.2 Å². The SMILES string of the molecule is CCCNC(COCC(F)(F)F)C(N)=O. The summed E-state index contributed by atoms with van der Waals surface area (Å²) in [5.74, 6) is -0.717. The number of halogens is 3. The monoisotopic (exact) mass is 228 g/mol. The molecule has 0 spiro atoms. The summed E-state index contributed by atoms with van der Waals surface area (Å²) in [5.41, 5.74) is 4.96. The number of primary amides is 1. The van der Waals surface area contributed by atoms with Crippen LogP contribution in [0.2, 0.25) is 0 Å². The van der Waals surface area contributed by atoms with E-state index in [0.717, 1.165) is 6.42 Å². The van der Waals surface area contributed by atoms with Crippen molar-refractivity contribution in [3.63, 3.8) is 0 Å². The van der Waals surface area contributed by atoms with Gasteiger partial charge >= 0.3 is 6.18 Å². The zero-order valence-corrected chi connectivity index (χ0v) is 8.43. The smallest absolute Gasteiger partial charge is 0.370 e. The Hall–Kier alpha value is -0.820. The van der Waals surface area contributed by atoms with Crippen molar-refractivity contribution in [3.05, 3.63) is 0 Å². The Labute approximate surface area is 86.0 Å². The van der Waals surface area contributed by atoms with Crippen LogP contribution in [0.3, 0.4) is 0 Å². The predicted molar refractivity (Wildman–Crippen MR) is 48.2 cm³/mol. The molecular formula is C8H15F3N2O2. The number of nitrogens with two attached hydrogens (primary N) is 1. The molecule has 15 heavy (non-hydrogen) atoms. The minimum absolute atomic E-state index is 0.366. The van der Waals surface area contributed by atoms with E-state index in [1.165, 1.54) is 0 Å². The number of alkyl halides is 3. The molecule has 0 saturated heterocycles. The predicted octanol–water partition coefficient (Wildman–Crippen LogP) is 0.419. The number of hydrogen-bond acceptors (Lipinski definition) is 3. The van der Waals surface area contributed by atoms with Crippen molar-refractivity contribution in [1.29, 1.82) is 0 Å². The molecule has 90 valence electrons. The molecule has 1 atom stereocenters. The lowest BCUT2D eigenvalue weighted by atomic mass is 10.3. The third-order valence-electron chi connectivity index (χ3n) is 1.53. The average Bonchev–Trinajstić information content (AvgIpc) is 2.08. The van der Waals surface area contributed by atoms with E-state index in [1.807, 2.05) is 6.92 Å². The number of hydrogen-bond donors (Lipinski definition) is 2. The molecule has 1 amide bonds. The molecule has 0 aromatic rings. The number of carbonyl (C=O) groups is 1. The molecule has 7 heteroatoms. The maximum absolute atomic E-state index is 11.7. The van der Waals surface area contributed by atoms with Crippen molar-refractivity contribution in [2.24, 2.45) is 5.73 Å². The normalized spacial score (nSPS) is 13.9. The first-order valence-corrected chi connectivity index (χ1v) is 4.54. The van der Waals surface area contributed by atoms with Crippen molar-refractivity contribution in [1.82, 2.24) is 5.32 Å². The van der Waals surface area contributed by atoms with Gasteiger partial charge in [0.1, 0.15) is 12.6 Å².